The summed E-state index contributed by atoms with van der Waals surface area (Å²) in [6.45, 7) is 0.962. The van der Waals surface area contributed by atoms with Gasteiger partial charge in [-0.3, -0.25) is 0 Å². The Morgan fingerprint density at radius 2 is 1.81 bits per heavy atom. The number of hydrogen-bond donors (Lipinski definition) is 1. The average Bonchev–Trinajstić information content (AvgIpc) is 3.37. The van der Waals surface area contributed by atoms with E-state index in [-0.39, 0.29) is 0 Å². The molecule has 21 heavy (non-hydrogen) atoms. The number of benzene rings is 2. The van der Waals surface area contributed by atoms with E-state index < -0.39 is 0 Å². The molecule has 0 aliphatic heterocycles. The number of ether oxygens (including phenoxy) is 1. The van der Waals surface area contributed by atoms with Crippen LogP contribution in [0.25, 0.3) is 0 Å². The Morgan fingerprint density at radius 3 is 2.48 bits per heavy atom. The van der Waals surface area contributed by atoms with Gasteiger partial charge in [-0.2, -0.15) is 0 Å². The third kappa shape index (κ3) is 3.37. The number of anilines is 2. The summed E-state index contributed by atoms with van der Waals surface area (Å²) in [7, 11) is 3.77. The van der Waals surface area contributed by atoms with Crippen LogP contribution in [0.5, 0.6) is 5.75 Å². The van der Waals surface area contributed by atoms with Crippen LogP contribution in [0.2, 0.25) is 0 Å². The Balaban J connectivity index is 1.72. The van der Waals surface area contributed by atoms with Crippen LogP contribution in [0.1, 0.15) is 18.4 Å². The van der Waals surface area contributed by atoms with E-state index in [1.807, 2.05) is 18.2 Å². The molecule has 2 aromatic carbocycles. The van der Waals surface area contributed by atoms with Gasteiger partial charge in [0, 0.05) is 25.3 Å². The number of methoxy groups -OCH3 is 1. The first-order chi connectivity index (χ1) is 10.3. The lowest BCUT2D eigenvalue weighted by Gasteiger charge is -2.22. The zero-order chi connectivity index (χ0) is 14.7. The van der Waals surface area contributed by atoms with Crippen LogP contribution in [0.15, 0.2) is 48.5 Å². The van der Waals surface area contributed by atoms with Gasteiger partial charge in [-0.25, -0.2) is 0 Å². The van der Waals surface area contributed by atoms with Gasteiger partial charge in [0.2, 0.25) is 0 Å². The SMILES string of the molecule is COc1ccccc1N(C)c1ccc(CNC2CC2)cc1. The van der Waals surface area contributed by atoms with Crippen LogP contribution < -0.4 is 15.0 Å². The van der Waals surface area contributed by atoms with Gasteiger partial charge >= 0.3 is 0 Å². The summed E-state index contributed by atoms with van der Waals surface area (Å²) in [6, 6.07) is 17.5. The van der Waals surface area contributed by atoms with Crippen molar-refractivity contribution in [3.63, 3.8) is 0 Å². The Bertz CT molecular complexity index is 590. The Labute approximate surface area is 126 Å². The number of hydrogen-bond acceptors (Lipinski definition) is 3. The molecule has 3 heteroatoms. The highest BCUT2D eigenvalue weighted by atomic mass is 16.5. The Morgan fingerprint density at radius 1 is 1.10 bits per heavy atom. The second-order valence-electron chi connectivity index (χ2n) is 5.55. The Kier molecular flexibility index (Phi) is 4.11. The molecular weight excluding hydrogens is 260 g/mol. The molecule has 3 nitrogen and oxygen atoms in total. The molecule has 3 rings (SSSR count). The van der Waals surface area contributed by atoms with Gasteiger partial charge in [-0.05, 0) is 42.7 Å². The van der Waals surface area contributed by atoms with E-state index in [0.717, 1.165) is 29.7 Å². The molecule has 1 saturated carbocycles. The number of para-hydroxylation sites is 2. The number of nitrogens with zero attached hydrogens (tertiary/aromatic N) is 1. The molecule has 1 fully saturated rings. The van der Waals surface area contributed by atoms with Crippen LogP contribution in [-0.4, -0.2) is 20.2 Å². The summed E-state index contributed by atoms with van der Waals surface area (Å²) < 4.78 is 5.43. The molecule has 0 radical (unpaired) electrons. The molecule has 0 bridgehead atoms. The summed E-state index contributed by atoms with van der Waals surface area (Å²) in [5.41, 5.74) is 3.57. The molecule has 0 atom stereocenters. The molecule has 0 spiro atoms. The summed E-state index contributed by atoms with van der Waals surface area (Å²) in [5, 5.41) is 3.54. The predicted octanol–water partition coefficient (Wildman–Crippen LogP) is 3.72. The van der Waals surface area contributed by atoms with Gasteiger partial charge in [0.1, 0.15) is 5.75 Å². The molecule has 1 aliphatic rings. The van der Waals surface area contributed by atoms with Crippen LogP contribution in [0, 0.1) is 0 Å². The molecular formula is C18H22N2O. The van der Waals surface area contributed by atoms with Gasteiger partial charge in [0.05, 0.1) is 12.8 Å². The minimum Gasteiger partial charge on any atom is -0.495 e. The van der Waals surface area contributed by atoms with Crippen molar-refractivity contribution in [1.82, 2.24) is 5.32 Å². The quantitative estimate of drug-likeness (QED) is 0.874. The van der Waals surface area contributed by atoms with Crippen molar-refractivity contribution in [3.05, 3.63) is 54.1 Å². The fourth-order valence-electron chi connectivity index (χ4n) is 2.43. The van der Waals surface area contributed by atoms with Crippen LogP contribution in [0.4, 0.5) is 11.4 Å². The summed E-state index contributed by atoms with van der Waals surface area (Å²) in [5.74, 6) is 0.888. The molecule has 2 aromatic rings. The zero-order valence-electron chi connectivity index (χ0n) is 12.7. The summed E-state index contributed by atoms with van der Waals surface area (Å²) in [6.07, 6.45) is 2.66. The second kappa shape index (κ2) is 6.19. The second-order valence-corrected chi connectivity index (χ2v) is 5.55. The summed E-state index contributed by atoms with van der Waals surface area (Å²) >= 11 is 0. The fraction of sp³-hybridized carbons (Fsp3) is 0.333. The van der Waals surface area contributed by atoms with Crippen LogP contribution >= 0.6 is 0 Å². The van der Waals surface area contributed by atoms with E-state index in [0.29, 0.717) is 0 Å². The third-order valence-corrected chi connectivity index (χ3v) is 3.94. The zero-order valence-corrected chi connectivity index (χ0v) is 12.7. The lowest BCUT2D eigenvalue weighted by atomic mass is 10.1. The number of rotatable bonds is 6. The fourth-order valence-corrected chi connectivity index (χ4v) is 2.43. The lowest BCUT2D eigenvalue weighted by molar-refractivity contribution is 0.415. The highest BCUT2D eigenvalue weighted by Crippen LogP contribution is 2.32. The van der Waals surface area contributed by atoms with Gasteiger partial charge in [-0.15, -0.1) is 0 Å². The molecule has 0 unspecified atom stereocenters. The molecule has 1 aliphatic carbocycles. The van der Waals surface area contributed by atoms with E-state index in [4.69, 9.17) is 4.74 Å². The lowest BCUT2D eigenvalue weighted by Crippen LogP contribution is -2.15. The van der Waals surface area contributed by atoms with Gasteiger partial charge in [0.15, 0.2) is 0 Å². The van der Waals surface area contributed by atoms with Crippen molar-refractivity contribution >= 4 is 11.4 Å². The topological polar surface area (TPSA) is 24.5 Å². The maximum atomic E-state index is 5.43. The largest absolute Gasteiger partial charge is 0.495 e. The van der Waals surface area contributed by atoms with E-state index in [1.165, 1.54) is 18.4 Å². The Hall–Kier alpha value is -2.00. The molecule has 0 amide bonds. The van der Waals surface area contributed by atoms with Gasteiger partial charge in [-0.1, -0.05) is 24.3 Å². The van der Waals surface area contributed by atoms with Crippen LogP contribution in [-0.2, 0) is 6.54 Å². The molecule has 0 saturated heterocycles. The highest BCUT2D eigenvalue weighted by molar-refractivity contribution is 5.68. The third-order valence-electron chi connectivity index (χ3n) is 3.94. The smallest absolute Gasteiger partial charge is 0.142 e. The maximum Gasteiger partial charge on any atom is 0.142 e. The van der Waals surface area contributed by atoms with Crippen molar-refractivity contribution in [2.75, 3.05) is 19.1 Å². The highest BCUT2D eigenvalue weighted by Gasteiger charge is 2.19. The first-order valence-corrected chi connectivity index (χ1v) is 7.47. The first kappa shape index (κ1) is 14.0. The van der Waals surface area contributed by atoms with Crippen molar-refractivity contribution in [2.45, 2.75) is 25.4 Å². The van der Waals surface area contributed by atoms with Crippen molar-refractivity contribution < 1.29 is 4.74 Å². The van der Waals surface area contributed by atoms with E-state index >= 15 is 0 Å². The minimum atomic E-state index is 0.751. The maximum absolute atomic E-state index is 5.43. The van der Waals surface area contributed by atoms with E-state index in [2.05, 4.69) is 47.6 Å². The van der Waals surface area contributed by atoms with Crippen molar-refractivity contribution in [1.29, 1.82) is 0 Å². The molecule has 110 valence electrons. The minimum absolute atomic E-state index is 0.751. The predicted molar refractivity (Wildman–Crippen MR) is 87.4 cm³/mol. The monoisotopic (exact) mass is 282 g/mol. The van der Waals surface area contributed by atoms with Crippen molar-refractivity contribution in [2.24, 2.45) is 0 Å². The first-order valence-electron chi connectivity index (χ1n) is 7.47. The number of nitrogens with one attached hydrogen (secondary N) is 1. The van der Waals surface area contributed by atoms with Crippen molar-refractivity contribution in [3.8, 4) is 5.75 Å². The van der Waals surface area contributed by atoms with Gasteiger partial charge in [0.25, 0.3) is 0 Å². The molecule has 0 aromatic heterocycles. The standard InChI is InChI=1S/C18H22N2O/c1-20(17-5-3-4-6-18(17)21-2)16-11-7-14(8-12-16)13-19-15-9-10-15/h3-8,11-12,15,19H,9-10,13H2,1-2H3. The van der Waals surface area contributed by atoms with E-state index in [1.54, 1.807) is 7.11 Å². The van der Waals surface area contributed by atoms with Gasteiger partial charge < -0.3 is 15.0 Å². The molecule has 0 heterocycles. The average molecular weight is 282 g/mol. The molecule has 1 N–H and O–H groups in total. The summed E-state index contributed by atoms with van der Waals surface area (Å²) in [4.78, 5) is 2.15. The van der Waals surface area contributed by atoms with E-state index in [9.17, 15) is 0 Å². The van der Waals surface area contributed by atoms with Crippen LogP contribution in [0.3, 0.4) is 0 Å². The normalized spacial score (nSPS) is 14.0.